The summed E-state index contributed by atoms with van der Waals surface area (Å²) in [5.41, 5.74) is -1.18. The van der Waals surface area contributed by atoms with Crippen molar-refractivity contribution in [1.82, 2.24) is 0 Å². The Balaban J connectivity index is 4.66. The number of aliphatic hydroxyl groups excluding tert-OH is 1. The van der Waals surface area contributed by atoms with Crippen LogP contribution in [-0.2, 0) is 14.2 Å². The maximum atomic E-state index is 9.04. The molecule has 1 N–H and O–H groups in total. The Morgan fingerprint density at radius 3 is 1.78 bits per heavy atom. The van der Waals surface area contributed by atoms with Crippen LogP contribution in [0.4, 0.5) is 0 Å². The lowest BCUT2D eigenvalue weighted by atomic mass is 10.2. The van der Waals surface area contributed by atoms with E-state index in [1.54, 1.807) is 6.92 Å². The van der Waals surface area contributed by atoms with Gasteiger partial charge in [-0.05, 0) is 34.6 Å². The zero-order valence-electron chi connectivity index (χ0n) is 12.0. The summed E-state index contributed by atoms with van der Waals surface area (Å²) < 4.78 is 16.5. The van der Waals surface area contributed by atoms with Crippen molar-refractivity contribution in [2.45, 2.75) is 58.7 Å². The van der Waals surface area contributed by atoms with E-state index in [1.807, 2.05) is 27.7 Å². The van der Waals surface area contributed by atoms with Gasteiger partial charge in [0.25, 0.3) is 0 Å². The smallest absolute Gasteiger partial charge is 0.383 e. The predicted molar refractivity (Wildman–Crippen MR) is 69.1 cm³/mol. The molecule has 0 aromatic rings. The Kier molecular flexibility index (Phi) is 8.12. The normalized spacial score (nSPS) is 13.9. The molecule has 0 aromatic heterocycles. The zero-order chi connectivity index (χ0) is 14.2. The molecule has 0 aliphatic heterocycles. The van der Waals surface area contributed by atoms with E-state index >= 15 is 0 Å². The van der Waals surface area contributed by atoms with Gasteiger partial charge < -0.3 is 14.6 Å². The van der Waals surface area contributed by atoms with Crippen LogP contribution in [0, 0.1) is 6.57 Å². The number of ether oxygens (including phenoxy) is 3. The fourth-order valence-corrected chi connectivity index (χ4v) is 1.21. The molecule has 0 radical (unpaired) electrons. The van der Waals surface area contributed by atoms with Crippen molar-refractivity contribution in [2.24, 2.45) is 0 Å². The number of nitrogens with zero attached hydrogens (tertiary/aromatic N) is 1. The minimum atomic E-state index is -1.18. The SMILES string of the molecule is [C-]#[N+]C(COC(C)C)(COC(C)C)O[C@@H](C)CO. The van der Waals surface area contributed by atoms with E-state index in [2.05, 4.69) is 4.85 Å². The molecule has 0 aliphatic carbocycles. The molecule has 18 heavy (non-hydrogen) atoms. The molecule has 106 valence electrons. The van der Waals surface area contributed by atoms with E-state index in [1.165, 1.54) is 0 Å². The van der Waals surface area contributed by atoms with Gasteiger partial charge in [0, 0.05) is 0 Å². The standard InChI is InChI=1S/C13H25NO4/c1-10(2)16-8-13(14-6,9-17-11(3)4)18-12(5)7-15/h10-12,15H,7-9H2,1-5H3/t12-/m0/s1. The quantitative estimate of drug-likeness (QED) is 0.642. The lowest BCUT2D eigenvalue weighted by molar-refractivity contribution is -0.155. The fourth-order valence-electron chi connectivity index (χ4n) is 1.21. The molecule has 0 aromatic carbocycles. The molecule has 0 unspecified atom stereocenters. The fraction of sp³-hybridized carbons (Fsp3) is 0.923. The van der Waals surface area contributed by atoms with Gasteiger partial charge in [0.05, 0.1) is 24.9 Å². The van der Waals surface area contributed by atoms with Crippen LogP contribution < -0.4 is 0 Å². The molecule has 0 amide bonds. The summed E-state index contributed by atoms with van der Waals surface area (Å²) in [6.45, 7) is 16.7. The van der Waals surface area contributed by atoms with Crippen LogP contribution in [0.1, 0.15) is 34.6 Å². The maximum absolute atomic E-state index is 9.04. The summed E-state index contributed by atoms with van der Waals surface area (Å²) in [4.78, 5) is 3.52. The van der Waals surface area contributed by atoms with Crippen molar-refractivity contribution < 1.29 is 19.3 Å². The molecule has 0 spiro atoms. The van der Waals surface area contributed by atoms with Crippen LogP contribution in [0.5, 0.6) is 0 Å². The first-order valence-electron chi connectivity index (χ1n) is 6.25. The molecular weight excluding hydrogens is 234 g/mol. The summed E-state index contributed by atoms with van der Waals surface area (Å²) in [5, 5.41) is 9.04. The number of hydrogen-bond donors (Lipinski definition) is 1. The summed E-state index contributed by atoms with van der Waals surface area (Å²) in [6, 6.07) is 0. The minimum absolute atomic E-state index is 0.0122. The average Bonchev–Trinajstić information content (AvgIpc) is 2.32. The topological polar surface area (TPSA) is 52.3 Å². The van der Waals surface area contributed by atoms with E-state index in [0.717, 1.165) is 0 Å². The zero-order valence-corrected chi connectivity index (χ0v) is 12.0. The molecule has 0 heterocycles. The van der Waals surface area contributed by atoms with Crippen LogP contribution in [0.25, 0.3) is 4.85 Å². The number of hydrogen-bond acceptors (Lipinski definition) is 4. The van der Waals surface area contributed by atoms with Gasteiger partial charge in [-0.2, -0.15) is 0 Å². The van der Waals surface area contributed by atoms with Crippen LogP contribution in [-0.4, -0.2) is 49.0 Å². The Morgan fingerprint density at radius 1 is 1.06 bits per heavy atom. The third-order valence-corrected chi connectivity index (χ3v) is 2.17. The molecular formula is C13H25NO4. The first-order valence-corrected chi connectivity index (χ1v) is 6.25. The van der Waals surface area contributed by atoms with Crippen molar-refractivity contribution in [3.05, 3.63) is 11.4 Å². The van der Waals surface area contributed by atoms with Gasteiger partial charge in [-0.25, -0.2) is 6.57 Å². The molecule has 0 fully saturated rings. The summed E-state index contributed by atoms with van der Waals surface area (Å²) in [6.07, 6.45) is -0.401. The first kappa shape index (κ1) is 17.3. The predicted octanol–water partition coefficient (Wildman–Crippen LogP) is 1.85. The van der Waals surface area contributed by atoms with Gasteiger partial charge in [0.2, 0.25) is 0 Å². The van der Waals surface area contributed by atoms with Gasteiger partial charge in [0.15, 0.2) is 13.2 Å². The number of rotatable bonds is 9. The van der Waals surface area contributed by atoms with Gasteiger partial charge in [0.1, 0.15) is 0 Å². The molecule has 0 aliphatic rings. The molecule has 1 atom stereocenters. The van der Waals surface area contributed by atoms with Crippen molar-refractivity contribution in [1.29, 1.82) is 0 Å². The van der Waals surface area contributed by atoms with E-state index in [-0.39, 0.29) is 32.0 Å². The lowest BCUT2D eigenvalue weighted by Gasteiger charge is -2.26. The second-order valence-electron chi connectivity index (χ2n) is 4.89. The third kappa shape index (κ3) is 6.92. The minimum Gasteiger partial charge on any atom is -0.394 e. The molecule has 0 rings (SSSR count). The lowest BCUT2D eigenvalue weighted by Crippen LogP contribution is -2.44. The van der Waals surface area contributed by atoms with E-state index in [4.69, 9.17) is 25.9 Å². The highest BCUT2D eigenvalue weighted by Gasteiger charge is 2.41. The summed E-state index contributed by atoms with van der Waals surface area (Å²) in [7, 11) is 0. The van der Waals surface area contributed by atoms with E-state index in [9.17, 15) is 0 Å². The van der Waals surface area contributed by atoms with Gasteiger partial charge in [-0.1, -0.05) is 0 Å². The van der Waals surface area contributed by atoms with Crippen molar-refractivity contribution in [2.75, 3.05) is 19.8 Å². The van der Waals surface area contributed by atoms with Crippen molar-refractivity contribution in [3.63, 3.8) is 0 Å². The Morgan fingerprint density at radius 2 is 1.50 bits per heavy atom. The highest BCUT2D eigenvalue weighted by molar-refractivity contribution is 4.91. The van der Waals surface area contributed by atoms with Gasteiger partial charge in [-0.3, -0.25) is 9.58 Å². The van der Waals surface area contributed by atoms with E-state index in [0.29, 0.717) is 0 Å². The third-order valence-electron chi connectivity index (χ3n) is 2.17. The monoisotopic (exact) mass is 259 g/mol. The maximum Gasteiger partial charge on any atom is 0.383 e. The van der Waals surface area contributed by atoms with E-state index < -0.39 is 11.8 Å². The van der Waals surface area contributed by atoms with Gasteiger partial charge >= 0.3 is 5.72 Å². The second kappa shape index (κ2) is 8.44. The highest BCUT2D eigenvalue weighted by Crippen LogP contribution is 2.19. The molecule has 0 saturated carbocycles. The molecule has 5 nitrogen and oxygen atoms in total. The second-order valence-corrected chi connectivity index (χ2v) is 4.89. The summed E-state index contributed by atoms with van der Waals surface area (Å²) >= 11 is 0. The number of aliphatic hydroxyl groups is 1. The van der Waals surface area contributed by atoms with Crippen molar-refractivity contribution in [3.8, 4) is 0 Å². The van der Waals surface area contributed by atoms with Crippen LogP contribution in [0.2, 0.25) is 0 Å². The summed E-state index contributed by atoms with van der Waals surface area (Å²) in [5.74, 6) is 0. The Bertz CT molecular complexity index is 248. The van der Waals surface area contributed by atoms with Crippen LogP contribution >= 0.6 is 0 Å². The van der Waals surface area contributed by atoms with Crippen molar-refractivity contribution >= 4 is 0 Å². The average molecular weight is 259 g/mol. The molecule has 5 heteroatoms. The first-order chi connectivity index (χ1) is 8.35. The van der Waals surface area contributed by atoms with Crippen LogP contribution in [0.3, 0.4) is 0 Å². The van der Waals surface area contributed by atoms with Crippen LogP contribution in [0.15, 0.2) is 0 Å². The highest BCUT2D eigenvalue weighted by atomic mass is 16.6. The molecule has 0 saturated heterocycles. The largest absolute Gasteiger partial charge is 0.394 e. The Labute approximate surface area is 110 Å². The Hall–Kier alpha value is -0.670. The van der Waals surface area contributed by atoms with Gasteiger partial charge in [-0.15, -0.1) is 0 Å². The molecule has 0 bridgehead atoms.